The molecule has 1 aliphatic rings. The van der Waals surface area contributed by atoms with Crippen molar-refractivity contribution < 1.29 is 14.7 Å². The predicted octanol–water partition coefficient (Wildman–Crippen LogP) is 6.29. The lowest BCUT2D eigenvalue weighted by atomic mass is 10.1. The van der Waals surface area contributed by atoms with E-state index >= 15 is 0 Å². The average Bonchev–Trinajstić information content (AvgIpc) is 3.40. The van der Waals surface area contributed by atoms with Crippen LogP contribution < -0.4 is 0 Å². The molecule has 1 amide bonds. The maximum Gasteiger partial charge on any atom is 0.335 e. The van der Waals surface area contributed by atoms with E-state index in [0.717, 1.165) is 28.3 Å². The van der Waals surface area contributed by atoms with E-state index in [-0.39, 0.29) is 18.0 Å². The molecule has 0 unspecified atom stereocenters. The second-order valence-electron chi connectivity index (χ2n) is 8.30. The predicted molar refractivity (Wildman–Crippen MR) is 144 cm³/mol. The maximum absolute atomic E-state index is 13.6. The normalized spacial score (nSPS) is 15.7. The quantitative estimate of drug-likeness (QED) is 0.321. The molecule has 1 aromatic heterocycles. The molecule has 0 atom stereocenters. The summed E-state index contributed by atoms with van der Waals surface area (Å²) in [6.07, 6.45) is 1.90. The Bertz CT molecular complexity index is 1470. The van der Waals surface area contributed by atoms with Crippen LogP contribution in [0, 0.1) is 6.92 Å². The molecule has 36 heavy (non-hydrogen) atoms. The van der Waals surface area contributed by atoms with Gasteiger partial charge in [-0.3, -0.25) is 9.69 Å². The lowest BCUT2D eigenvalue weighted by Gasteiger charge is -2.16. The number of aromatic carboxylic acids is 1. The fourth-order valence-corrected chi connectivity index (χ4v) is 5.00. The summed E-state index contributed by atoms with van der Waals surface area (Å²) in [5, 5.41) is 9.77. The van der Waals surface area contributed by atoms with Crippen molar-refractivity contribution in [2.75, 3.05) is 0 Å². The van der Waals surface area contributed by atoms with Gasteiger partial charge < -0.3 is 9.67 Å². The highest BCUT2D eigenvalue weighted by Crippen LogP contribution is 2.36. The van der Waals surface area contributed by atoms with E-state index in [1.54, 1.807) is 29.2 Å². The van der Waals surface area contributed by atoms with Gasteiger partial charge in [0, 0.05) is 17.1 Å². The fourth-order valence-electron chi connectivity index (χ4n) is 4.01. The van der Waals surface area contributed by atoms with Gasteiger partial charge >= 0.3 is 5.97 Å². The number of benzene rings is 3. The summed E-state index contributed by atoms with van der Waals surface area (Å²) >= 11 is 1.34. The average molecular weight is 494 g/mol. The number of nitrogens with zero attached hydrogens (tertiary/aromatic N) is 3. The van der Waals surface area contributed by atoms with E-state index in [1.807, 2.05) is 85.8 Å². The molecule has 0 saturated carbocycles. The molecule has 0 bridgehead atoms. The van der Waals surface area contributed by atoms with Crippen LogP contribution in [0.25, 0.3) is 11.8 Å². The van der Waals surface area contributed by atoms with Crippen LogP contribution in [0.4, 0.5) is 5.69 Å². The highest BCUT2D eigenvalue weighted by atomic mass is 32.2. The molecule has 1 N–H and O–H groups in total. The highest BCUT2D eigenvalue weighted by Gasteiger charge is 2.34. The van der Waals surface area contributed by atoms with Crippen molar-refractivity contribution in [1.82, 2.24) is 9.47 Å². The van der Waals surface area contributed by atoms with Crippen LogP contribution in [-0.2, 0) is 11.3 Å². The zero-order valence-corrected chi connectivity index (χ0v) is 20.4. The van der Waals surface area contributed by atoms with Gasteiger partial charge in [0.15, 0.2) is 5.17 Å². The summed E-state index contributed by atoms with van der Waals surface area (Å²) in [6.45, 7) is 2.32. The maximum atomic E-state index is 13.6. The molecule has 178 valence electrons. The Morgan fingerprint density at radius 2 is 1.58 bits per heavy atom. The smallest absolute Gasteiger partial charge is 0.335 e. The van der Waals surface area contributed by atoms with Crippen molar-refractivity contribution in [3.63, 3.8) is 0 Å². The Hall–Kier alpha value is -4.36. The number of aliphatic imine (C=N–C) groups is 1. The number of rotatable bonds is 6. The first-order valence-electron chi connectivity index (χ1n) is 11.4. The molecular weight excluding hydrogens is 470 g/mol. The number of carboxylic acids is 1. The Kier molecular flexibility index (Phi) is 6.56. The minimum atomic E-state index is -0.984. The van der Waals surface area contributed by atoms with Crippen LogP contribution in [0.15, 0.2) is 107 Å². The van der Waals surface area contributed by atoms with Gasteiger partial charge in [-0.15, -0.1) is 0 Å². The summed E-state index contributed by atoms with van der Waals surface area (Å²) in [5.41, 5.74) is 4.77. The van der Waals surface area contributed by atoms with Crippen LogP contribution in [-0.4, -0.2) is 31.6 Å². The molecule has 5 rings (SSSR count). The van der Waals surface area contributed by atoms with E-state index in [0.29, 0.717) is 10.1 Å². The van der Waals surface area contributed by atoms with Crippen LogP contribution in [0.3, 0.4) is 0 Å². The molecule has 4 aromatic rings. The molecule has 1 saturated heterocycles. The number of aromatic nitrogens is 1. The second-order valence-corrected chi connectivity index (χ2v) is 9.31. The lowest BCUT2D eigenvalue weighted by molar-refractivity contribution is -0.122. The standard InChI is InChI=1S/C29H23N3O3S/c1-20-12-17-25(32(20)24-10-6-3-7-11-24)18-26-27(33)31(19-21-13-15-22(16-14-21)28(34)35)29(36-26)30-23-8-4-2-5-9-23/h2-18H,19H2,1H3,(H,34,35)/b26-18-,30-29?. The molecule has 0 radical (unpaired) electrons. The van der Waals surface area contributed by atoms with E-state index in [2.05, 4.69) is 4.57 Å². The largest absolute Gasteiger partial charge is 0.478 e. The molecule has 0 aliphatic carbocycles. The Balaban J connectivity index is 1.52. The summed E-state index contributed by atoms with van der Waals surface area (Å²) < 4.78 is 2.11. The third-order valence-corrected chi connectivity index (χ3v) is 6.82. The number of para-hydroxylation sites is 2. The zero-order valence-electron chi connectivity index (χ0n) is 19.5. The number of hydrogen-bond acceptors (Lipinski definition) is 4. The Labute approximate surface area is 213 Å². The first-order valence-corrected chi connectivity index (χ1v) is 12.2. The van der Waals surface area contributed by atoms with E-state index in [4.69, 9.17) is 4.99 Å². The lowest BCUT2D eigenvalue weighted by Crippen LogP contribution is -2.28. The molecule has 6 nitrogen and oxygen atoms in total. The van der Waals surface area contributed by atoms with Crippen LogP contribution in [0.5, 0.6) is 0 Å². The number of aryl methyl sites for hydroxylation is 1. The van der Waals surface area contributed by atoms with Crippen molar-refractivity contribution in [3.8, 4) is 5.69 Å². The van der Waals surface area contributed by atoms with Crippen LogP contribution in [0.1, 0.15) is 27.3 Å². The molecule has 1 fully saturated rings. The SMILES string of the molecule is Cc1ccc(/C=C2\SC(=Nc3ccccc3)N(Cc3ccc(C(=O)O)cc3)C2=O)n1-c1ccccc1. The van der Waals surface area contributed by atoms with Crippen molar-refractivity contribution in [2.45, 2.75) is 13.5 Å². The number of hydrogen-bond donors (Lipinski definition) is 1. The molecule has 0 spiro atoms. The summed E-state index contributed by atoms with van der Waals surface area (Å²) in [6, 6.07) is 30.1. The molecule has 2 heterocycles. The first-order chi connectivity index (χ1) is 17.5. The minimum absolute atomic E-state index is 0.143. The summed E-state index contributed by atoms with van der Waals surface area (Å²) in [7, 11) is 0. The van der Waals surface area contributed by atoms with Gasteiger partial charge in [-0.05, 0) is 78.9 Å². The third-order valence-electron chi connectivity index (χ3n) is 5.81. The van der Waals surface area contributed by atoms with Gasteiger partial charge in [-0.2, -0.15) is 0 Å². The number of amides is 1. The van der Waals surface area contributed by atoms with Gasteiger partial charge in [-0.25, -0.2) is 9.79 Å². The van der Waals surface area contributed by atoms with Crippen molar-refractivity contribution in [1.29, 1.82) is 0 Å². The third kappa shape index (κ3) is 4.87. The minimum Gasteiger partial charge on any atom is -0.478 e. The monoisotopic (exact) mass is 493 g/mol. The topological polar surface area (TPSA) is 74.9 Å². The molecule has 1 aliphatic heterocycles. The number of amidine groups is 1. The van der Waals surface area contributed by atoms with Crippen LogP contribution in [0.2, 0.25) is 0 Å². The van der Waals surface area contributed by atoms with Gasteiger partial charge in [0.05, 0.1) is 22.7 Å². The van der Waals surface area contributed by atoms with Crippen molar-refractivity contribution in [3.05, 3.63) is 124 Å². The van der Waals surface area contributed by atoms with Gasteiger partial charge in [0.25, 0.3) is 5.91 Å². The van der Waals surface area contributed by atoms with Crippen LogP contribution >= 0.6 is 11.8 Å². The van der Waals surface area contributed by atoms with E-state index in [1.165, 1.54) is 11.8 Å². The summed E-state index contributed by atoms with van der Waals surface area (Å²) in [5.74, 6) is -1.13. The highest BCUT2D eigenvalue weighted by molar-refractivity contribution is 8.18. The number of carbonyl (C=O) groups excluding carboxylic acids is 1. The van der Waals surface area contributed by atoms with E-state index < -0.39 is 5.97 Å². The molecular formula is C29H23N3O3S. The Morgan fingerprint density at radius 3 is 2.25 bits per heavy atom. The summed E-state index contributed by atoms with van der Waals surface area (Å²) in [4.78, 5) is 31.8. The van der Waals surface area contributed by atoms with Gasteiger partial charge in [0.2, 0.25) is 0 Å². The number of thioether (sulfide) groups is 1. The van der Waals surface area contributed by atoms with Crippen molar-refractivity contribution >= 4 is 40.6 Å². The Morgan fingerprint density at radius 1 is 0.917 bits per heavy atom. The molecule has 3 aromatic carbocycles. The van der Waals surface area contributed by atoms with Gasteiger partial charge in [0.1, 0.15) is 0 Å². The number of carbonyl (C=O) groups is 2. The molecule has 7 heteroatoms. The number of carboxylic acid groups (broad SMARTS) is 1. The van der Waals surface area contributed by atoms with Gasteiger partial charge in [-0.1, -0.05) is 48.5 Å². The first kappa shape index (κ1) is 23.4. The van der Waals surface area contributed by atoms with E-state index in [9.17, 15) is 14.7 Å². The fraction of sp³-hybridized carbons (Fsp3) is 0.0690. The zero-order chi connectivity index (χ0) is 25.1. The second kappa shape index (κ2) is 10.1. The van der Waals surface area contributed by atoms with Crippen molar-refractivity contribution in [2.24, 2.45) is 4.99 Å².